The Hall–Kier alpha value is -2.62. The van der Waals surface area contributed by atoms with Crippen LogP contribution < -0.4 is 5.32 Å². The van der Waals surface area contributed by atoms with Crippen LogP contribution in [0.5, 0.6) is 0 Å². The highest BCUT2D eigenvalue weighted by atomic mass is 35.5. The SMILES string of the molecule is CCn1ncc([N+](=O)[O-])c1C(=O)Nc1nn(Cc2ccc(Cl)cc2Cl)cc1Cl. The van der Waals surface area contributed by atoms with Crippen molar-refractivity contribution in [3.8, 4) is 0 Å². The fourth-order valence-electron chi connectivity index (χ4n) is 2.54. The lowest BCUT2D eigenvalue weighted by molar-refractivity contribution is -0.385. The van der Waals surface area contributed by atoms with Gasteiger partial charge in [-0.05, 0) is 24.6 Å². The van der Waals surface area contributed by atoms with Crippen LogP contribution in [0.3, 0.4) is 0 Å². The van der Waals surface area contributed by atoms with E-state index in [0.717, 1.165) is 11.8 Å². The maximum atomic E-state index is 12.6. The van der Waals surface area contributed by atoms with Gasteiger partial charge in [-0.15, -0.1) is 0 Å². The van der Waals surface area contributed by atoms with E-state index < -0.39 is 16.5 Å². The Labute approximate surface area is 173 Å². The highest BCUT2D eigenvalue weighted by molar-refractivity contribution is 6.35. The Balaban J connectivity index is 1.83. The van der Waals surface area contributed by atoms with Crippen molar-refractivity contribution in [3.05, 3.63) is 67.0 Å². The van der Waals surface area contributed by atoms with Gasteiger partial charge in [0.2, 0.25) is 5.69 Å². The van der Waals surface area contributed by atoms with Crippen molar-refractivity contribution >= 4 is 52.2 Å². The molecule has 0 saturated heterocycles. The highest BCUT2D eigenvalue weighted by Gasteiger charge is 2.27. The lowest BCUT2D eigenvalue weighted by atomic mass is 10.2. The fraction of sp³-hybridized carbons (Fsp3) is 0.188. The summed E-state index contributed by atoms with van der Waals surface area (Å²) < 4.78 is 2.71. The van der Waals surface area contributed by atoms with Crippen molar-refractivity contribution in [1.82, 2.24) is 19.6 Å². The standard InChI is InChI=1S/C16H13Cl3N6O3/c1-2-24-14(13(6-20-24)25(27)28)16(26)21-15-12(19)8-23(22-15)7-9-3-4-10(17)5-11(9)18/h3-6,8H,2,7H2,1H3,(H,21,22,26). The summed E-state index contributed by atoms with van der Waals surface area (Å²) in [5, 5.41) is 22.8. The molecule has 0 aliphatic heterocycles. The Bertz CT molecular complexity index is 1060. The third-order valence-corrected chi connectivity index (χ3v) is 4.69. The number of amides is 1. The van der Waals surface area contributed by atoms with Crippen LogP contribution in [0.4, 0.5) is 11.5 Å². The minimum absolute atomic E-state index is 0.0647. The number of rotatable bonds is 6. The second kappa shape index (κ2) is 8.17. The molecule has 0 fully saturated rings. The van der Waals surface area contributed by atoms with Gasteiger partial charge in [-0.25, -0.2) is 0 Å². The number of nitrogens with one attached hydrogen (secondary N) is 1. The summed E-state index contributed by atoms with van der Waals surface area (Å²) in [6, 6.07) is 5.06. The third kappa shape index (κ3) is 4.11. The smallest absolute Gasteiger partial charge is 0.302 e. The average Bonchev–Trinajstić information content (AvgIpc) is 3.21. The molecule has 146 valence electrons. The van der Waals surface area contributed by atoms with Crippen LogP contribution in [0.1, 0.15) is 23.0 Å². The minimum Gasteiger partial charge on any atom is -0.302 e. The van der Waals surface area contributed by atoms with Crippen molar-refractivity contribution in [2.24, 2.45) is 0 Å². The molecule has 0 unspecified atom stereocenters. The molecule has 2 aromatic heterocycles. The molecule has 1 amide bonds. The first kappa shape index (κ1) is 20.1. The van der Waals surface area contributed by atoms with Gasteiger partial charge in [0.25, 0.3) is 5.91 Å². The summed E-state index contributed by atoms with van der Waals surface area (Å²) in [5.41, 5.74) is 0.171. The molecule has 0 aliphatic carbocycles. The van der Waals surface area contributed by atoms with Crippen molar-refractivity contribution in [2.45, 2.75) is 20.0 Å². The molecule has 3 rings (SSSR count). The Morgan fingerprint density at radius 3 is 2.68 bits per heavy atom. The zero-order chi connectivity index (χ0) is 20.4. The molecule has 1 aromatic carbocycles. The topological polar surface area (TPSA) is 108 Å². The van der Waals surface area contributed by atoms with E-state index in [1.54, 1.807) is 25.1 Å². The van der Waals surface area contributed by atoms with Crippen molar-refractivity contribution < 1.29 is 9.72 Å². The van der Waals surface area contributed by atoms with Crippen LogP contribution in [0.15, 0.2) is 30.6 Å². The van der Waals surface area contributed by atoms with Crippen molar-refractivity contribution in [3.63, 3.8) is 0 Å². The summed E-state index contributed by atoms with van der Waals surface area (Å²) in [5.74, 6) is -0.669. The molecule has 0 aliphatic rings. The molecule has 0 atom stereocenters. The normalized spacial score (nSPS) is 10.9. The number of hydrogen-bond acceptors (Lipinski definition) is 5. The van der Waals surface area contributed by atoms with Gasteiger partial charge < -0.3 is 5.32 Å². The average molecular weight is 444 g/mol. The maximum Gasteiger partial charge on any atom is 0.320 e. The van der Waals surface area contributed by atoms with E-state index in [0.29, 0.717) is 16.6 Å². The molecule has 2 heterocycles. The lowest BCUT2D eigenvalue weighted by Gasteiger charge is -2.06. The first-order chi connectivity index (χ1) is 13.3. The van der Waals surface area contributed by atoms with Gasteiger partial charge in [0, 0.05) is 22.8 Å². The van der Waals surface area contributed by atoms with Crippen LogP contribution in [0.25, 0.3) is 0 Å². The number of hydrogen-bond donors (Lipinski definition) is 1. The summed E-state index contributed by atoms with van der Waals surface area (Å²) in [6.07, 6.45) is 2.54. The van der Waals surface area contributed by atoms with Crippen molar-refractivity contribution in [1.29, 1.82) is 0 Å². The molecule has 3 aromatic rings. The zero-order valence-corrected chi connectivity index (χ0v) is 16.7. The van der Waals surface area contributed by atoms with Gasteiger partial charge in [0.05, 0.1) is 11.5 Å². The minimum atomic E-state index is -0.734. The molecule has 12 heteroatoms. The van der Waals surface area contributed by atoms with Gasteiger partial charge in [-0.1, -0.05) is 40.9 Å². The second-order valence-corrected chi connectivity index (χ2v) is 6.92. The van der Waals surface area contributed by atoms with E-state index in [4.69, 9.17) is 34.8 Å². The van der Waals surface area contributed by atoms with E-state index >= 15 is 0 Å². The fourth-order valence-corrected chi connectivity index (χ4v) is 3.20. The van der Waals surface area contributed by atoms with Crippen LogP contribution in [0, 0.1) is 10.1 Å². The first-order valence-electron chi connectivity index (χ1n) is 7.98. The molecule has 0 bridgehead atoms. The molecular weight excluding hydrogens is 431 g/mol. The summed E-state index contributed by atoms with van der Waals surface area (Å²) in [4.78, 5) is 23.0. The number of benzene rings is 1. The highest BCUT2D eigenvalue weighted by Crippen LogP contribution is 2.25. The van der Waals surface area contributed by atoms with Crippen LogP contribution >= 0.6 is 34.8 Å². The van der Waals surface area contributed by atoms with Gasteiger partial charge >= 0.3 is 5.69 Å². The van der Waals surface area contributed by atoms with Crippen LogP contribution in [-0.2, 0) is 13.1 Å². The lowest BCUT2D eigenvalue weighted by Crippen LogP contribution is -2.19. The Morgan fingerprint density at radius 1 is 1.29 bits per heavy atom. The number of nitro groups is 1. The number of aromatic nitrogens is 4. The van der Waals surface area contributed by atoms with E-state index in [1.165, 1.54) is 15.6 Å². The molecule has 0 radical (unpaired) electrons. The summed E-state index contributed by atoms with van der Waals surface area (Å²) in [6.45, 7) is 2.29. The third-order valence-electron chi connectivity index (χ3n) is 3.83. The predicted molar refractivity (Wildman–Crippen MR) is 105 cm³/mol. The quantitative estimate of drug-likeness (QED) is 0.452. The van der Waals surface area contributed by atoms with E-state index in [2.05, 4.69) is 15.5 Å². The van der Waals surface area contributed by atoms with E-state index in [1.807, 2.05) is 0 Å². The molecule has 28 heavy (non-hydrogen) atoms. The summed E-state index contributed by atoms with van der Waals surface area (Å²) >= 11 is 18.2. The summed E-state index contributed by atoms with van der Waals surface area (Å²) in [7, 11) is 0. The zero-order valence-electron chi connectivity index (χ0n) is 14.4. The predicted octanol–water partition coefficient (Wildman–Crippen LogP) is 4.27. The molecule has 0 spiro atoms. The molecular formula is C16H13Cl3N6O3. The second-order valence-electron chi connectivity index (χ2n) is 5.66. The number of halogens is 3. The van der Waals surface area contributed by atoms with Crippen LogP contribution in [-0.4, -0.2) is 30.4 Å². The van der Waals surface area contributed by atoms with E-state index in [-0.39, 0.29) is 23.1 Å². The Kier molecular flexibility index (Phi) is 5.87. The van der Waals surface area contributed by atoms with Gasteiger partial charge in [0.1, 0.15) is 11.2 Å². The number of aryl methyl sites for hydroxylation is 1. The molecule has 9 nitrogen and oxygen atoms in total. The molecule has 1 N–H and O–H groups in total. The number of anilines is 1. The van der Waals surface area contributed by atoms with Crippen molar-refractivity contribution in [2.75, 3.05) is 5.32 Å². The van der Waals surface area contributed by atoms with Crippen LogP contribution in [0.2, 0.25) is 15.1 Å². The number of carbonyl (C=O) groups excluding carboxylic acids is 1. The van der Waals surface area contributed by atoms with Gasteiger partial charge in [0.15, 0.2) is 5.82 Å². The maximum absolute atomic E-state index is 12.6. The number of nitrogens with zero attached hydrogens (tertiary/aromatic N) is 5. The first-order valence-corrected chi connectivity index (χ1v) is 9.12. The molecule has 0 saturated carbocycles. The van der Waals surface area contributed by atoms with Gasteiger partial charge in [-0.3, -0.25) is 24.3 Å². The van der Waals surface area contributed by atoms with Gasteiger partial charge in [-0.2, -0.15) is 10.2 Å². The largest absolute Gasteiger partial charge is 0.320 e. The monoisotopic (exact) mass is 442 g/mol. The Morgan fingerprint density at radius 2 is 2.04 bits per heavy atom. The number of carbonyl (C=O) groups is 1. The van der Waals surface area contributed by atoms with E-state index in [9.17, 15) is 14.9 Å².